The maximum absolute atomic E-state index is 3.77. The van der Waals surface area contributed by atoms with Gasteiger partial charge in [-0.2, -0.15) is 0 Å². The van der Waals surface area contributed by atoms with Crippen molar-refractivity contribution in [2.24, 2.45) is 5.41 Å². The first kappa shape index (κ1) is 13.3. The summed E-state index contributed by atoms with van der Waals surface area (Å²) in [5, 5.41) is 3.77. The van der Waals surface area contributed by atoms with Gasteiger partial charge in [0.2, 0.25) is 0 Å². The van der Waals surface area contributed by atoms with Gasteiger partial charge in [0.25, 0.3) is 0 Å². The monoisotopic (exact) mass is 343 g/mol. The van der Waals surface area contributed by atoms with Gasteiger partial charge in [0.1, 0.15) is 0 Å². The molecule has 2 heteroatoms. The minimum atomic E-state index is 0.278. The fraction of sp³-hybridized carbons (Fsp3) is 0.600. The SMILES string of the molecule is CC(C)(C)C1(Cc2ccc(I)cc2)CCCN1. The van der Waals surface area contributed by atoms with Crippen molar-refractivity contribution in [2.45, 2.75) is 45.6 Å². The van der Waals surface area contributed by atoms with E-state index in [-0.39, 0.29) is 5.54 Å². The van der Waals surface area contributed by atoms with Gasteiger partial charge in [-0.05, 0) is 71.5 Å². The first-order chi connectivity index (χ1) is 7.93. The zero-order chi connectivity index (χ0) is 12.5. The molecule has 0 spiro atoms. The number of nitrogens with one attached hydrogen (secondary N) is 1. The van der Waals surface area contributed by atoms with Crippen molar-refractivity contribution in [3.63, 3.8) is 0 Å². The normalized spacial score (nSPS) is 25.2. The summed E-state index contributed by atoms with van der Waals surface area (Å²) in [5.41, 5.74) is 2.04. The van der Waals surface area contributed by atoms with Gasteiger partial charge in [-0.1, -0.05) is 32.9 Å². The standard InChI is InChI=1S/C15H22IN/c1-14(2,3)15(9-4-10-17-15)11-12-5-7-13(16)8-6-12/h5-8,17H,4,9-11H2,1-3H3. The Hall–Kier alpha value is -0.0900. The lowest BCUT2D eigenvalue weighted by Crippen LogP contribution is -2.52. The molecule has 17 heavy (non-hydrogen) atoms. The third kappa shape index (κ3) is 2.84. The molecule has 0 aromatic heterocycles. The molecule has 1 aliphatic heterocycles. The lowest BCUT2D eigenvalue weighted by Gasteiger charge is -2.42. The van der Waals surface area contributed by atoms with Gasteiger partial charge in [0.05, 0.1) is 0 Å². The lowest BCUT2D eigenvalue weighted by atomic mass is 9.69. The molecule has 1 aromatic carbocycles. The van der Waals surface area contributed by atoms with E-state index >= 15 is 0 Å². The highest BCUT2D eigenvalue weighted by molar-refractivity contribution is 14.1. The van der Waals surface area contributed by atoms with Crippen LogP contribution in [0.1, 0.15) is 39.2 Å². The van der Waals surface area contributed by atoms with E-state index in [1.54, 1.807) is 0 Å². The number of benzene rings is 1. The van der Waals surface area contributed by atoms with Crippen LogP contribution < -0.4 is 5.32 Å². The molecule has 1 fully saturated rings. The maximum atomic E-state index is 3.77. The van der Waals surface area contributed by atoms with Crippen LogP contribution in [-0.4, -0.2) is 12.1 Å². The quantitative estimate of drug-likeness (QED) is 0.801. The van der Waals surface area contributed by atoms with Crippen LogP contribution in [0.3, 0.4) is 0 Å². The first-order valence-corrected chi connectivity index (χ1v) is 7.50. The molecule has 1 N–H and O–H groups in total. The topological polar surface area (TPSA) is 12.0 Å². The van der Waals surface area contributed by atoms with E-state index in [4.69, 9.17) is 0 Å². The summed E-state index contributed by atoms with van der Waals surface area (Å²) < 4.78 is 1.32. The fourth-order valence-corrected chi connectivity index (χ4v) is 3.17. The number of halogens is 1. The Bertz CT molecular complexity index is 369. The zero-order valence-electron chi connectivity index (χ0n) is 11.0. The zero-order valence-corrected chi connectivity index (χ0v) is 13.2. The van der Waals surface area contributed by atoms with E-state index < -0.39 is 0 Å². The van der Waals surface area contributed by atoms with Crippen molar-refractivity contribution in [1.82, 2.24) is 5.32 Å². The smallest absolute Gasteiger partial charge is 0.0270 e. The Labute approximate surface area is 119 Å². The van der Waals surface area contributed by atoms with E-state index in [1.807, 2.05) is 0 Å². The molecule has 94 valence electrons. The summed E-state index contributed by atoms with van der Waals surface area (Å²) >= 11 is 2.37. The third-order valence-electron chi connectivity index (χ3n) is 4.10. The highest BCUT2D eigenvalue weighted by Crippen LogP contribution is 2.39. The van der Waals surface area contributed by atoms with Crippen LogP contribution in [0.15, 0.2) is 24.3 Å². The predicted octanol–water partition coefficient (Wildman–Crippen LogP) is 4.00. The molecule has 1 nitrogen and oxygen atoms in total. The second-order valence-electron chi connectivity index (χ2n) is 6.17. The molecule has 0 radical (unpaired) electrons. The minimum Gasteiger partial charge on any atom is -0.310 e. The van der Waals surface area contributed by atoms with Crippen LogP contribution in [0.2, 0.25) is 0 Å². The molecule has 2 rings (SSSR count). The molecule has 0 amide bonds. The van der Waals surface area contributed by atoms with Gasteiger partial charge < -0.3 is 5.32 Å². The minimum absolute atomic E-state index is 0.278. The highest BCUT2D eigenvalue weighted by Gasteiger charge is 2.43. The maximum Gasteiger partial charge on any atom is 0.0270 e. The molecular formula is C15H22IN. The first-order valence-electron chi connectivity index (χ1n) is 6.42. The van der Waals surface area contributed by atoms with Gasteiger partial charge in [-0.15, -0.1) is 0 Å². The molecule has 0 saturated carbocycles. The summed E-state index contributed by atoms with van der Waals surface area (Å²) in [7, 11) is 0. The van der Waals surface area contributed by atoms with E-state index in [1.165, 1.54) is 28.5 Å². The predicted molar refractivity (Wildman–Crippen MR) is 82.3 cm³/mol. The third-order valence-corrected chi connectivity index (χ3v) is 4.82. The summed E-state index contributed by atoms with van der Waals surface area (Å²) in [6, 6.07) is 8.97. The average molecular weight is 343 g/mol. The number of rotatable bonds is 2. The van der Waals surface area contributed by atoms with Crippen LogP contribution in [0.4, 0.5) is 0 Å². The Morgan fingerprint density at radius 3 is 2.35 bits per heavy atom. The molecule has 0 aliphatic carbocycles. The Morgan fingerprint density at radius 2 is 1.88 bits per heavy atom. The molecule has 0 bridgehead atoms. The summed E-state index contributed by atoms with van der Waals surface area (Å²) in [6.45, 7) is 8.25. The van der Waals surface area contributed by atoms with Crippen molar-refractivity contribution in [2.75, 3.05) is 6.54 Å². The van der Waals surface area contributed by atoms with Gasteiger partial charge in [0.15, 0.2) is 0 Å². The highest BCUT2D eigenvalue weighted by atomic mass is 127. The molecule has 1 saturated heterocycles. The van der Waals surface area contributed by atoms with Gasteiger partial charge in [-0.3, -0.25) is 0 Å². The van der Waals surface area contributed by atoms with Crippen LogP contribution in [0, 0.1) is 8.99 Å². The van der Waals surface area contributed by atoms with E-state index in [0.29, 0.717) is 5.41 Å². The van der Waals surface area contributed by atoms with Crippen LogP contribution >= 0.6 is 22.6 Å². The second-order valence-corrected chi connectivity index (χ2v) is 7.41. The van der Waals surface area contributed by atoms with Crippen molar-refractivity contribution in [3.05, 3.63) is 33.4 Å². The van der Waals surface area contributed by atoms with Crippen LogP contribution in [0.5, 0.6) is 0 Å². The van der Waals surface area contributed by atoms with Gasteiger partial charge in [-0.25, -0.2) is 0 Å². The average Bonchev–Trinajstić information content (AvgIpc) is 2.70. The fourth-order valence-electron chi connectivity index (χ4n) is 2.81. The summed E-state index contributed by atoms with van der Waals surface area (Å²) in [4.78, 5) is 0. The number of hydrogen-bond donors (Lipinski definition) is 1. The van der Waals surface area contributed by atoms with Gasteiger partial charge >= 0.3 is 0 Å². The van der Waals surface area contributed by atoms with Crippen LogP contribution in [-0.2, 0) is 6.42 Å². The van der Waals surface area contributed by atoms with Crippen molar-refractivity contribution in [3.8, 4) is 0 Å². The van der Waals surface area contributed by atoms with E-state index in [9.17, 15) is 0 Å². The molecule has 1 aromatic rings. The van der Waals surface area contributed by atoms with Crippen molar-refractivity contribution in [1.29, 1.82) is 0 Å². The Balaban J connectivity index is 2.22. The van der Waals surface area contributed by atoms with Crippen molar-refractivity contribution < 1.29 is 0 Å². The molecule has 1 atom stereocenters. The van der Waals surface area contributed by atoms with Crippen molar-refractivity contribution >= 4 is 22.6 Å². The molecule has 1 heterocycles. The molecule has 1 unspecified atom stereocenters. The van der Waals surface area contributed by atoms with Crippen LogP contribution in [0.25, 0.3) is 0 Å². The molecular weight excluding hydrogens is 321 g/mol. The Morgan fingerprint density at radius 1 is 1.24 bits per heavy atom. The molecule has 1 aliphatic rings. The van der Waals surface area contributed by atoms with E-state index in [2.05, 4.69) is 72.9 Å². The Kier molecular flexibility index (Phi) is 3.83. The largest absolute Gasteiger partial charge is 0.310 e. The summed E-state index contributed by atoms with van der Waals surface area (Å²) in [6.07, 6.45) is 3.75. The van der Waals surface area contributed by atoms with Gasteiger partial charge in [0, 0.05) is 9.11 Å². The van der Waals surface area contributed by atoms with E-state index in [0.717, 1.165) is 6.42 Å². The number of hydrogen-bond acceptors (Lipinski definition) is 1. The summed E-state index contributed by atoms with van der Waals surface area (Å²) in [5.74, 6) is 0. The second kappa shape index (κ2) is 4.88. The lowest BCUT2D eigenvalue weighted by molar-refractivity contribution is 0.159.